The van der Waals surface area contributed by atoms with E-state index in [1.807, 2.05) is 13.1 Å². The molecule has 1 aliphatic rings. The molecule has 142 valence electrons. The Labute approximate surface area is 177 Å². The van der Waals surface area contributed by atoms with Crippen molar-refractivity contribution in [3.05, 3.63) is 52.2 Å². The van der Waals surface area contributed by atoms with E-state index in [1.165, 1.54) is 29.7 Å². The highest BCUT2D eigenvalue weighted by atomic mass is 127. The maximum absolute atomic E-state index is 6.10. The second-order valence-corrected chi connectivity index (χ2v) is 7.48. The van der Waals surface area contributed by atoms with E-state index in [1.54, 1.807) is 11.3 Å². The van der Waals surface area contributed by atoms with E-state index in [-0.39, 0.29) is 24.0 Å². The minimum Gasteiger partial charge on any atom is -0.490 e. The van der Waals surface area contributed by atoms with Gasteiger partial charge < -0.3 is 15.4 Å². The lowest BCUT2D eigenvalue weighted by atomic mass is 9.96. The van der Waals surface area contributed by atoms with Crippen LogP contribution in [0.3, 0.4) is 0 Å². The molecule has 1 atom stereocenters. The van der Waals surface area contributed by atoms with Gasteiger partial charge in [-0.25, -0.2) is 0 Å². The van der Waals surface area contributed by atoms with Crippen LogP contribution in [0.2, 0.25) is 0 Å². The van der Waals surface area contributed by atoms with E-state index in [0.717, 1.165) is 18.3 Å². The van der Waals surface area contributed by atoms with Gasteiger partial charge in [-0.1, -0.05) is 31.2 Å². The molecular formula is C20H28IN3OS. The van der Waals surface area contributed by atoms with Crippen LogP contribution < -0.4 is 15.4 Å². The molecule has 4 nitrogen and oxygen atoms in total. The number of halogens is 1. The van der Waals surface area contributed by atoms with Gasteiger partial charge >= 0.3 is 0 Å². The second-order valence-electron chi connectivity index (χ2n) is 6.50. The van der Waals surface area contributed by atoms with Crippen molar-refractivity contribution < 1.29 is 4.74 Å². The number of ether oxygens (including phenoxy) is 1. The van der Waals surface area contributed by atoms with Crippen molar-refractivity contribution in [3.63, 3.8) is 0 Å². The van der Waals surface area contributed by atoms with Crippen LogP contribution in [0.4, 0.5) is 0 Å². The molecule has 0 spiro atoms. The molecule has 0 aliphatic heterocycles. The molecule has 1 aromatic heterocycles. The summed E-state index contributed by atoms with van der Waals surface area (Å²) in [5, 5.41) is 8.94. The summed E-state index contributed by atoms with van der Waals surface area (Å²) in [6.45, 7) is 3.80. The van der Waals surface area contributed by atoms with E-state index in [9.17, 15) is 0 Å². The van der Waals surface area contributed by atoms with Crippen LogP contribution >= 0.6 is 35.3 Å². The van der Waals surface area contributed by atoms with Gasteiger partial charge in [-0.3, -0.25) is 4.99 Å². The average molecular weight is 485 g/mol. The number of nitrogens with one attached hydrogen (secondary N) is 2. The van der Waals surface area contributed by atoms with Crippen molar-refractivity contribution in [1.82, 2.24) is 10.6 Å². The monoisotopic (exact) mass is 485 g/mol. The topological polar surface area (TPSA) is 45.7 Å². The number of hydrogen-bond donors (Lipinski definition) is 2. The quantitative estimate of drug-likeness (QED) is 0.338. The fourth-order valence-corrected chi connectivity index (χ4v) is 3.54. The molecule has 0 radical (unpaired) electrons. The summed E-state index contributed by atoms with van der Waals surface area (Å²) in [4.78, 5) is 5.72. The van der Waals surface area contributed by atoms with Crippen molar-refractivity contribution in [2.24, 2.45) is 4.99 Å². The van der Waals surface area contributed by atoms with E-state index in [4.69, 9.17) is 4.74 Å². The molecule has 1 unspecified atom stereocenters. The third kappa shape index (κ3) is 5.87. The predicted octanol–water partition coefficient (Wildman–Crippen LogP) is 4.77. The number of nitrogens with zero attached hydrogens (tertiary/aromatic N) is 1. The number of benzene rings is 1. The summed E-state index contributed by atoms with van der Waals surface area (Å²) < 4.78 is 6.10. The summed E-state index contributed by atoms with van der Waals surface area (Å²) in [6.07, 6.45) is 4.02. The minimum absolute atomic E-state index is 0. The SMILES string of the molecule is CN=C(NCc1ccccc1OC1CCC1)NCC(C)c1cccs1.I. The summed E-state index contributed by atoms with van der Waals surface area (Å²) >= 11 is 1.80. The third-order valence-corrected chi connectivity index (χ3v) is 5.70. The molecule has 6 heteroatoms. The Hall–Kier alpha value is -1.28. The molecule has 0 saturated heterocycles. The minimum atomic E-state index is 0. The first-order valence-electron chi connectivity index (χ1n) is 8.98. The van der Waals surface area contributed by atoms with Gasteiger partial charge in [0.15, 0.2) is 5.96 Å². The summed E-state index contributed by atoms with van der Waals surface area (Å²) in [5.41, 5.74) is 1.17. The first-order chi connectivity index (χ1) is 12.3. The van der Waals surface area contributed by atoms with Gasteiger partial charge in [0.2, 0.25) is 0 Å². The molecule has 1 heterocycles. The Morgan fingerprint density at radius 1 is 1.23 bits per heavy atom. The first-order valence-corrected chi connectivity index (χ1v) is 9.86. The highest BCUT2D eigenvalue weighted by molar-refractivity contribution is 14.0. The maximum atomic E-state index is 6.10. The highest BCUT2D eigenvalue weighted by Gasteiger charge is 2.20. The lowest BCUT2D eigenvalue weighted by Crippen LogP contribution is -2.38. The molecule has 1 aromatic carbocycles. The molecule has 26 heavy (non-hydrogen) atoms. The molecule has 3 rings (SSSR count). The molecule has 0 bridgehead atoms. The number of aliphatic imine (C=N–C) groups is 1. The van der Waals surface area contributed by atoms with Crippen molar-refractivity contribution >= 4 is 41.3 Å². The first kappa shape index (κ1) is 21.0. The van der Waals surface area contributed by atoms with Gasteiger partial charge in [0, 0.05) is 36.5 Å². The van der Waals surface area contributed by atoms with Gasteiger partial charge in [0.1, 0.15) is 5.75 Å². The van der Waals surface area contributed by atoms with Gasteiger partial charge in [0.25, 0.3) is 0 Å². The molecule has 1 fully saturated rings. The van der Waals surface area contributed by atoms with Crippen LogP contribution in [0.15, 0.2) is 46.8 Å². The van der Waals surface area contributed by atoms with Crippen molar-refractivity contribution in [2.75, 3.05) is 13.6 Å². The number of hydrogen-bond acceptors (Lipinski definition) is 3. The lowest BCUT2D eigenvalue weighted by molar-refractivity contribution is 0.119. The van der Waals surface area contributed by atoms with Crippen LogP contribution in [-0.2, 0) is 6.54 Å². The van der Waals surface area contributed by atoms with Gasteiger partial charge in [-0.2, -0.15) is 0 Å². The predicted molar refractivity (Wildman–Crippen MR) is 121 cm³/mol. The Morgan fingerprint density at radius 2 is 2.04 bits per heavy atom. The van der Waals surface area contributed by atoms with Crippen LogP contribution in [0.5, 0.6) is 5.75 Å². The van der Waals surface area contributed by atoms with Crippen LogP contribution in [0.25, 0.3) is 0 Å². The van der Waals surface area contributed by atoms with E-state index >= 15 is 0 Å². The number of para-hydroxylation sites is 1. The third-order valence-electron chi connectivity index (χ3n) is 4.59. The summed E-state index contributed by atoms with van der Waals surface area (Å²) in [7, 11) is 1.81. The molecule has 2 aromatic rings. The Bertz CT molecular complexity index is 686. The molecule has 2 N–H and O–H groups in total. The largest absolute Gasteiger partial charge is 0.490 e. The van der Waals surface area contributed by atoms with E-state index < -0.39 is 0 Å². The zero-order valence-corrected chi connectivity index (χ0v) is 18.6. The van der Waals surface area contributed by atoms with Crippen molar-refractivity contribution in [1.29, 1.82) is 0 Å². The van der Waals surface area contributed by atoms with Crippen LogP contribution in [-0.4, -0.2) is 25.7 Å². The summed E-state index contributed by atoms with van der Waals surface area (Å²) in [6, 6.07) is 12.5. The Morgan fingerprint density at radius 3 is 2.69 bits per heavy atom. The molecule has 1 aliphatic carbocycles. The Kier molecular flexibility index (Phi) is 8.71. The zero-order valence-electron chi connectivity index (χ0n) is 15.4. The van der Waals surface area contributed by atoms with Gasteiger partial charge in [-0.15, -0.1) is 35.3 Å². The molecule has 1 saturated carbocycles. The standard InChI is InChI=1S/C20H27N3OS.HI/c1-15(19-11-6-12-25-19)13-22-20(21-2)23-14-16-7-3-4-10-18(16)24-17-8-5-9-17;/h3-4,6-7,10-12,15,17H,5,8-9,13-14H2,1-2H3,(H2,21,22,23);1H. The molecular weight excluding hydrogens is 457 g/mol. The average Bonchev–Trinajstić information content (AvgIpc) is 3.13. The smallest absolute Gasteiger partial charge is 0.191 e. The lowest BCUT2D eigenvalue weighted by Gasteiger charge is -2.27. The van der Waals surface area contributed by atoms with E-state index in [0.29, 0.717) is 18.6 Å². The maximum Gasteiger partial charge on any atom is 0.191 e. The van der Waals surface area contributed by atoms with Crippen LogP contribution in [0, 0.1) is 0 Å². The number of guanidine groups is 1. The van der Waals surface area contributed by atoms with Gasteiger partial charge in [0.05, 0.1) is 6.10 Å². The summed E-state index contributed by atoms with van der Waals surface area (Å²) in [5.74, 6) is 2.27. The normalized spacial score (nSPS) is 15.5. The highest BCUT2D eigenvalue weighted by Crippen LogP contribution is 2.27. The van der Waals surface area contributed by atoms with Gasteiger partial charge in [-0.05, 0) is 36.8 Å². The van der Waals surface area contributed by atoms with Crippen LogP contribution in [0.1, 0.15) is 42.5 Å². The fourth-order valence-electron chi connectivity index (χ4n) is 2.75. The number of rotatable bonds is 7. The number of thiophene rings is 1. The van der Waals surface area contributed by atoms with E-state index in [2.05, 4.69) is 58.3 Å². The second kappa shape index (κ2) is 10.8. The fraction of sp³-hybridized carbons (Fsp3) is 0.450. The Balaban J connectivity index is 0.00000243. The van der Waals surface area contributed by atoms with Crippen molar-refractivity contribution in [3.8, 4) is 5.75 Å². The molecule has 0 amide bonds. The van der Waals surface area contributed by atoms with Crippen molar-refractivity contribution in [2.45, 2.75) is 44.8 Å². The zero-order chi connectivity index (χ0) is 17.5.